The summed E-state index contributed by atoms with van der Waals surface area (Å²) < 4.78 is 22.8. The van der Waals surface area contributed by atoms with E-state index in [4.69, 9.17) is 9.72 Å². The lowest BCUT2D eigenvalue weighted by Crippen LogP contribution is -2.43. The van der Waals surface area contributed by atoms with Crippen molar-refractivity contribution in [2.24, 2.45) is 0 Å². The van der Waals surface area contributed by atoms with E-state index >= 15 is 4.39 Å². The first-order valence-corrected chi connectivity index (χ1v) is 14.1. The second-order valence-corrected chi connectivity index (χ2v) is 10.9. The van der Waals surface area contributed by atoms with Crippen LogP contribution in [0.3, 0.4) is 0 Å². The minimum atomic E-state index is -0.476. The molecule has 8 nitrogen and oxygen atoms in total. The lowest BCUT2D eigenvalue weighted by Gasteiger charge is -2.31. The number of halogens is 1. The monoisotopic (exact) mass is 537 g/mol. The molecule has 0 bridgehead atoms. The molecule has 5 aromatic rings. The van der Waals surface area contributed by atoms with Crippen molar-refractivity contribution >= 4 is 27.5 Å². The number of hydrogen-bond acceptors (Lipinski definition) is 7. The Balaban J connectivity index is 1.32. The van der Waals surface area contributed by atoms with Crippen LogP contribution in [0.2, 0.25) is 0 Å². The average molecular weight is 538 g/mol. The first kappa shape index (κ1) is 24.9. The summed E-state index contributed by atoms with van der Waals surface area (Å²) in [6.07, 6.45) is 10.6. The molecule has 204 valence electrons. The maximum atomic E-state index is 16.5. The van der Waals surface area contributed by atoms with Crippen molar-refractivity contribution in [3.05, 3.63) is 71.9 Å². The molecule has 2 aliphatic heterocycles. The number of ether oxygens (including phenoxy) is 1. The minimum absolute atomic E-state index is 0.0319. The van der Waals surface area contributed by atoms with E-state index in [0.29, 0.717) is 24.4 Å². The predicted molar refractivity (Wildman–Crippen MR) is 154 cm³/mol. The van der Waals surface area contributed by atoms with Crippen molar-refractivity contribution in [2.75, 3.05) is 25.0 Å². The molecule has 2 N–H and O–H groups in total. The van der Waals surface area contributed by atoms with E-state index in [1.54, 1.807) is 12.4 Å². The van der Waals surface area contributed by atoms with E-state index < -0.39 is 5.82 Å². The summed E-state index contributed by atoms with van der Waals surface area (Å²) in [5.41, 5.74) is 3.37. The van der Waals surface area contributed by atoms with E-state index in [0.717, 1.165) is 59.8 Å². The van der Waals surface area contributed by atoms with Gasteiger partial charge in [0.2, 0.25) is 0 Å². The number of nitrogens with one attached hydrogen (secondary N) is 2. The molecule has 2 aliphatic rings. The molecule has 2 aromatic carbocycles. The van der Waals surface area contributed by atoms with Crippen LogP contribution in [0.1, 0.15) is 43.7 Å². The number of fused-ring (bicyclic) bond motifs is 3. The van der Waals surface area contributed by atoms with Crippen molar-refractivity contribution in [3.8, 4) is 17.3 Å². The first-order chi connectivity index (χ1) is 19.6. The van der Waals surface area contributed by atoms with Crippen LogP contribution >= 0.6 is 0 Å². The maximum absolute atomic E-state index is 16.5. The number of aromatic nitrogens is 5. The highest BCUT2D eigenvalue weighted by atomic mass is 19.1. The van der Waals surface area contributed by atoms with E-state index in [9.17, 15) is 0 Å². The van der Waals surface area contributed by atoms with E-state index in [-0.39, 0.29) is 22.8 Å². The Morgan fingerprint density at radius 3 is 2.67 bits per heavy atom. The smallest absolute Gasteiger partial charge is 0.319 e. The van der Waals surface area contributed by atoms with Crippen LogP contribution in [0.15, 0.2) is 55.0 Å². The maximum Gasteiger partial charge on any atom is 0.319 e. The fourth-order valence-corrected chi connectivity index (χ4v) is 6.55. The molecule has 0 atom stereocenters. The van der Waals surface area contributed by atoms with Crippen molar-refractivity contribution in [3.63, 3.8) is 0 Å². The SMILES string of the molecule is CCc1cccc2cccc(-c3ncc4c(NCc5cn[nH]c5)nc(OCC56CCCN5CCC6)nc4c3F)c12. The highest BCUT2D eigenvalue weighted by Gasteiger charge is 2.45. The molecular weight excluding hydrogens is 505 g/mol. The minimum Gasteiger partial charge on any atom is -0.461 e. The average Bonchev–Trinajstić information content (AvgIpc) is 3.73. The topological polar surface area (TPSA) is 91.9 Å². The van der Waals surface area contributed by atoms with Gasteiger partial charge in [-0.3, -0.25) is 15.0 Å². The third-order valence-corrected chi connectivity index (χ3v) is 8.59. The summed E-state index contributed by atoms with van der Waals surface area (Å²) in [5.74, 6) is 0.00885. The molecular formula is C31H32FN7O. The molecule has 2 saturated heterocycles. The fourth-order valence-electron chi connectivity index (χ4n) is 6.55. The lowest BCUT2D eigenvalue weighted by atomic mass is 9.95. The number of rotatable bonds is 8. The molecule has 0 radical (unpaired) electrons. The summed E-state index contributed by atoms with van der Waals surface area (Å²) in [6.45, 7) is 5.29. The standard InChI is InChI=1S/C31H32FN7O/c1-2-21-7-3-8-22-9-4-10-23(25(21)22)27-26(32)28-24(18-33-27)29(34-15-20-16-35-36-17-20)38-30(37-28)40-19-31-11-5-13-39(31)14-6-12-31/h3-4,7-10,16-18H,2,5-6,11-15,19H2,1H3,(H,35,36)(H,34,37,38). The van der Waals surface area contributed by atoms with E-state index in [1.807, 2.05) is 24.4 Å². The third kappa shape index (κ3) is 4.25. The van der Waals surface area contributed by atoms with Crippen LogP contribution < -0.4 is 10.1 Å². The van der Waals surface area contributed by atoms with Crippen LogP contribution in [0.4, 0.5) is 10.2 Å². The highest BCUT2D eigenvalue weighted by Crippen LogP contribution is 2.40. The summed E-state index contributed by atoms with van der Waals surface area (Å²) in [5, 5.41) is 12.8. The van der Waals surface area contributed by atoms with Crippen molar-refractivity contribution in [1.82, 2.24) is 30.0 Å². The first-order valence-electron chi connectivity index (χ1n) is 14.1. The van der Waals surface area contributed by atoms with Crippen molar-refractivity contribution < 1.29 is 9.13 Å². The quantitative estimate of drug-likeness (QED) is 0.255. The second-order valence-electron chi connectivity index (χ2n) is 10.9. The van der Waals surface area contributed by atoms with Gasteiger partial charge in [0, 0.05) is 30.1 Å². The van der Waals surface area contributed by atoms with Crippen molar-refractivity contribution in [1.29, 1.82) is 0 Å². The number of H-pyrrole nitrogens is 1. The molecule has 3 aromatic heterocycles. The van der Waals surface area contributed by atoms with Crippen molar-refractivity contribution in [2.45, 2.75) is 51.1 Å². The van der Waals surface area contributed by atoms with Crippen LogP contribution in [-0.4, -0.2) is 55.3 Å². The number of anilines is 1. The van der Waals surface area contributed by atoms with Crippen LogP contribution in [0.5, 0.6) is 6.01 Å². The fraction of sp³-hybridized carbons (Fsp3) is 0.355. The van der Waals surface area contributed by atoms with Gasteiger partial charge in [0.15, 0.2) is 5.82 Å². The lowest BCUT2D eigenvalue weighted by molar-refractivity contribution is 0.108. The van der Waals surface area contributed by atoms with Gasteiger partial charge in [-0.25, -0.2) is 4.39 Å². The van der Waals surface area contributed by atoms with Crippen LogP contribution in [0, 0.1) is 5.82 Å². The zero-order valence-corrected chi connectivity index (χ0v) is 22.6. The van der Waals surface area contributed by atoms with Gasteiger partial charge >= 0.3 is 6.01 Å². The highest BCUT2D eigenvalue weighted by molar-refractivity contribution is 6.00. The molecule has 40 heavy (non-hydrogen) atoms. The van der Waals surface area contributed by atoms with Gasteiger partial charge in [-0.15, -0.1) is 0 Å². The summed E-state index contributed by atoms with van der Waals surface area (Å²) in [4.78, 5) is 16.5. The largest absolute Gasteiger partial charge is 0.461 e. The predicted octanol–water partition coefficient (Wildman–Crippen LogP) is 5.89. The van der Waals surface area contributed by atoms with Gasteiger partial charge in [-0.2, -0.15) is 15.1 Å². The van der Waals surface area contributed by atoms with Gasteiger partial charge in [0.05, 0.1) is 17.1 Å². The summed E-state index contributed by atoms with van der Waals surface area (Å²) in [6, 6.07) is 12.3. The number of pyridine rings is 1. The Bertz CT molecular complexity index is 1670. The molecule has 9 heteroatoms. The number of aromatic amines is 1. The Morgan fingerprint density at radius 1 is 1.07 bits per heavy atom. The Morgan fingerprint density at radius 2 is 1.90 bits per heavy atom. The van der Waals surface area contributed by atoms with Gasteiger partial charge in [-0.1, -0.05) is 43.3 Å². The molecule has 0 saturated carbocycles. The normalized spacial score (nSPS) is 16.6. The van der Waals surface area contributed by atoms with Crippen LogP contribution in [-0.2, 0) is 13.0 Å². The molecule has 0 spiro atoms. The third-order valence-electron chi connectivity index (χ3n) is 8.59. The molecule has 0 aliphatic carbocycles. The van der Waals surface area contributed by atoms with Crippen LogP contribution in [0.25, 0.3) is 32.9 Å². The Hall–Kier alpha value is -4.11. The molecule has 2 fully saturated rings. The van der Waals surface area contributed by atoms with Gasteiger partial charge in [-0.05, 0) is 61.5 Å². The summed E-state index contributed by atoms with van der Waals surface area (Å²) >= 11 is 0. The second kappa shape index (κ2) is 10.1. The summed E-state index contributed by atoms with van der Waals surface area (Å²) in [7, 11) is 0. The number of nitrogens with zero attached hydrogens (tertiary/aromatic N) is 5. The number of aryl methyl sites for hydroxylation is 1. The van der Waals surface area contributed by atoms with E-state index in [1.165, 1.54) is 12.8 Å². The molecule has 5 heterocycles. The zero-order chi connectivity index (χ0) is 27.1. The van der Waals surface area contributed by atoms with Gasteiger partial charge in [0.1, 0.15) is 23.6 Å². The molecule has 0 amide bonds. The Kier molecular flexibility index (Phi) is 6.31. The number of hydrogen-bond donors (Lipinski definition) is 2. The number of benzene rings is 2. The van der Waals surface area contributed by atoms with E-state index in [2.05, 4.69) is 55.5 Å². The molecule has 0 unspecified atom stereocenters. The van der Waals surface area contributed by atoms with Gasteiger partial charge < -0.3 is 10.1 Å². The zero-order valence-electron chi connectivity index (χ0n) is 22.6. The molecule has 7 rings (SSSR count). The Labute approximate surface area is 232 Å². The van der Waals surface area contributed by atoms with Gasteiger partial charge in [0.25, 0.3) is 0 Å².